The Hall–Kier alpha value is -0.800. The second-order valence-corrected chi connectivity index (χ2v) is 5.70. The van der Waals surface area contributed by atoms with Crippen LogP contribution in [0.2, 0.25) is 15.1 Å². The second kappa shape index (κ2) is 6.77. The Labute approximate surface area is 132 Å². The lowest BCUT2D eigenvalue weighted by Crippen LogP contribution is -2.19. The van der Waals surface area contributed by atoms with Gasteiger partial charge in [0.15, 0.2) is 0 Å². The van der Waals surface area contributed by atoms with Crippen molar-refractivity contribution in [1.82, 2.24) is 5.32 Å². The fraction of sp³-hybridized carbons (Fsp3) is 0.200. The van der Waals surface area contributed by atoms with Crippen LogP contribution in [0, 0.1) is 5.82 Å². The van der Waals surface area contributed by atoms with Crippen molar-refractivity contribution in [2.75, 3.05) is 7.05 Å². The highest BCUT2D eigenvalue weighted by Crippen LogP contribution is 2.30. The molecule has 0 saturated heterocycles. The van der Waals surface area contributed by atoms with Crippen LogP contribution in [-0.4, -0.2) is 7.05 Å². The van der Waals surface area contributed by atoms with E-state index < -0.39 is 0 Å². The summed E-state index contributed by atoms with van der Waals surface area (Å²) in [6.07, 6.45) is 0.593. The van der Waals surface area contributed by atoms with E-state index in [1.807, 2.05) is 13.1 Å². The monoisotopic (exact) mass is 331 g/mol. The first-order valence-corrected chi connectivity index (χ1v) is 7.21. The fourth-order valence-corrected chi connectivity index (χ4v) is 2.73. The highest BCUT2D eigenvalue weighted by Gasteiger charge is 2.16. The predicted molar refractivity (Wildman–Crippen MR) is 83.4 cm³/mol. The molecule has 1 N–H and O–H groups in total. The lowest BCUT2D eigenvalue weighted by Gasteiger charge is -2.19. The molecule has 0 aromatic heterocycles. The van der Waals surface area contributed by atoms with Gasteiger partial charge < -0.3 is 5.32 Å². The van der Waals surface area contributed by atoms with Crippen molar-refractivity contribution in [3.63, 3.8) is 0 Å². The Kier molecular flexibility index (Phi) is 5.28. The maximum atomic E-state index is 13.1. The summed E-state index contributed by atoms with van der Waals surface area (Å²) in [4.78, 5) is 0. The van der Waals surface area contributed by atoms with Gasteiger partial charge in [0.25, 0.3) is 0 Å². The molecule has 0 spiro atoms. The average molecular weight is 333 g/mol. The Morgan fingerprint density at radius 2 is 1.80 bits per heavy atom. The minimum absolute atomic E-state index is 0.0517. The first-order chi connectivity index (χ1) is 9.51. The van der Waals surface area contributed by atoms with Crippen LogP contribution in [0.4, 0.5) is 4.39 Å². The standard InChI is InChI=1S/C15H13Cl3FN/c1-20-15(12-7-10(16)3-5-13(12)17)6-9-2-4-11(19)8-14(9)18/h2-5,7-8,15,20H,6H2,1H3. The van der Waals surface area contributed by atoms with Crippen LogP contribution in [-0.2, 0) is 6.42 Å². The van der Waals surface area contributed by atoms with E-state index in [1.165, 1.54) is 12.1 Å². The van der Waals surface area contributed by atoms with Gasteiger partial charge in [0.1, 0.15) is 5.82 Å². The van der Waals surface area contributed by atoms with Gasteiger partial charge >= 0.3 is 0 Å². The highest BCUT2D eigenvalue weighted by atomic mass is 35.5. The van der Waals surface area contributed by atoms with Crippen molar-refractivity contribution in [2.45, 2.75) is 12.5 Å². The zero-order chi connectivity index (χ0) is 14.7. The number of rotatable bonds is 4. The van der Waals surface area contributed by atoms with E-state index in [1.54, 1.807) is 18.2 Å². The van der Waals surface area contributed by atoms with Crippen LogP contribution in [0.25, 0.3) is 0 Å². The van der Waals surface area contributed by atoms with E-state index in [0.29, 0.717) is 21.5 Å². The third-order valence-corrected chi connectivity index (χ3v) is 4.05. The molecule has 0 saturated carbocycles. The van der Waals surface area contributed by atoms with Crippen molar-refractivity contribution >= 4 is 34.8 Å². The molecule has 0 radical (unpaired) electrons. The molecule has 0 bridgehead atoms. The Morgan fingerprint density at radius 1 is 1.05 bits per heavy atom. The molecular formula is C15H13Cl3FN. The molecule has 1 atom stereocenters. The summed E-state index contributed by atoms with van der Waals surface area (Å²) in [6.45, 7) is 0. The summed E-state index contributed by atoms with van der Waals surface area (Å²) < 4.78 is 13.1. The fourth-order valence-electron chi connectivity index (χ4n) is 2.06. The summed E-state index contributed by atoms with van der Waals surface area (Å²) in [5.41, 5.74) is 1.74. The van der Waals surface area contributed by atoms with Crippen molar-refractivity contribution < 1.29 is 4.39 Å². The molecule has 1 unspecified atom stereocenters. The molecule has 0 amide bonds. The number of likely N-dealkylation sites (N-methyl/N-ethyl adjacent to an activating group) is 1. The van der Waals surface area contributed by atoms with Crippen LogP contribution in [0.5, 0.6) is 0 Å². The van der Waals surface area contributed by atoms with Gasteiger partial charge in [-0.3, -0.25) is 0 Å². The first-order valence-electron chi connectivity index (χ1n) is 6.07. The highest BCUT2D eigenvalue weighted by molar-refractivity contribution is 6.33. The molecule has 0 fully saturated rings. The van der Waals surface area contributed by atoms with Gasteiger partial charge in [0.05, 0.1) is 0 Å². The Balaban J connectivity index is 2.31. The van der Waals surface area contributed by atoms with Crippen LogP contribution in [0.15, 0.2) is 36.4 Å². The summed E-state index contributed by atoms with van der Waals surface area (Å²) in [7, 11) is 1.83. The number of halogens is 4. The molecular weight excluding hydrogens is 320 g/mol. The molecule has 106 valence electrons. The van der Waals surface area contributed by atoms with Crippen LogP contribution < -0.4 is 5.32 Å². The maximum absolute atomic E-state index is 13.1. The summed E-state index contributed by atoms with van der Waals surface area (Å²) in [5, 5.41) is 4.84. The summed E-state index contributed by atoms with van der Waals surface area (Å²) >= 11 is 18.3. The SMILES string of the molecule is CNC(Cc1ccc(F)cc1Cl)c1cc(Cl)ccc1Cl. The van der Waals surface area contributed by atoms with Crippen LogP contribution in [0.3, 0.4) is 0 Å². The lowest BCUT2D eigenvalue weighted by atomic mass is 9.99. The quantitative estimate of drug-likeness (QED) is 0.802. The van der Waals surface area contributed by atoms with E-state index in [9.17, 15) is 4.39 Å². The van der Waals surface area contributed by atoms with Crippen molar-refractivity contribution in [3.05, 3.63) is 68.4 Å². The summed E-state index contributed by atoms with van der Waals surface area (Å²) in [5.74, 6) is -0.347. The molecule has 0 heterocycles. The molecule has 0 aliphatic rings. The van der Waals surface area contributed by atoms with Crippen LogP contribution >= 0.6 is 34.8 Å². The van der Waals surface area contributed by atoms with Crippen molar-refractivity contribution in [2.24, 2.45) is 0 Å². The van der Waals surface area contributed by atoms with Gasteiger partial charge in [0, 0.05) is 21.1 Å². The number of nitrogens with one attached hydrogen (secondary N) is 1. The normalized spacial score (nSPS) is 12.4. The number of hydrogen-bond acceptors (Lipinski definition) is 1. The molecule has 0 aliphatic carbocycles. The predicted octanol–water partition coefficient (Wildman–Crippen LogP) is 5.29. The molecule has 2 aromatic rings. The maximum Gasteiger partial charge on any atom is 0.124 e. The zero-order valence-electron chi connectivity index (χ0n) is 10.8. The van der Waals surface area contributed by atoms with E-state index in [0.717, 1.165) is 11.1 Å². The molecule has 1 nitrogen and oxygen atoms in total. The van der Waals surface area contributed by atoms with E-state index in [2.05, 4.69) is 5.32 Å². The van der Waals surface area contributed by atoms with Gasteiger partial charge in [-0.2, -0.15) is 0 Å². The van der Waals surface area contributed by atoms with Gasteiger partial charge in [-0.1, -0.05) is 40.9 Å². The van der Waals surface area contributed by atoms with Gasteiger partial charge in [-0.05, 0) is 54.9 Å². The molecule has 20 heavy (non-hydrogen) atoms. The Bertz CT molecular complexity index is 616. The van der Waals surface area contributed by atoms with Gasteiger partial charge in [-0.15, -0.1) is 0 Å². The van der Waals surface area contributed by atoms with Crippen LogP contribution in [0.1, 0.15) is 17.2 Å². The van der Waals surface area contributed by atoms with Crippen molar-refractivity contribution in [1.29, 1.82) is 0 Å². The lowest BCUT2D eigenvalue weighted by molar-refractivity contribution is 0.589. The largest absolute Gasteiger partial charge is 0.313 e. The molecule has 2 rings (SSSR count). The van der Waals surface area contributed by atoms with Gasteiger partial charge in [0.2, 0.25) is 0 Å². The third-order valence-electron chi connectivity index (χ3n) is 3.12. The zero-order valence-corrected chi connectivity index (χ0v) is 13.0. The van der Waals surface area contributed by atoms with E-state index >= 15 is 0 Å². The smallest absolute Gasteiger partial charge is 0.124 e. The minimum atomic E-state index is -0.347. The summed E-state index contributed by atoms with van der Waals surface area (Å²) in [6, 6.07) is 9.66. The second-order valence-electron chi connectivity index (χ2n) is 4.45. The van der Waals surface area contributed by atoms with E-state index in [-0.39, 0.29) is 11.9 Å². The molecule has 0 aliphatic heterocycles. The van der Waals surface area contributed by atoms with E-state index in [4.69, 9.17) is 34.8 Å². The Morgan fingerprint density at radius 3 is 2.45 bits per heavy atom. The van der Waals surface area contributed by atoms with Gasteiger partial charge in [-0.25, -0.2) is 4.39 Å². The number of benzene rings is 2. The molecule has 2 aromatic carbocycles. The average Bonchev–Trinajstić information content (AvgIpc) is 2.41. The topological polar surface area (TPSA) is 12.0 Å². The molecule has 5 heteroatoms. The first kappa shape index (κ1) is 15.6. The minimum Gasteiger partial charge on any atom is -0.313 e. The third kappa shape index (κ3) is 3.64. The number of hydrogen-bond donors (Lipinski definition) is 1. The van der Waals surface area contributed by atoms with Crippen molar-refractivity contribution in [3.8, 4) is 0 Å².